The third-order valence-corrected chi connectivity index (χ3v) is 8.40. The van der Waals surface area contributed by atoms with Crippen molar-refractivity contribution in [2.24, 2.45) is 0 Å². The largest absolute Gasteiger partial charge is 0.493 e. The molecule has 1 unspecified atom stereocenters. The van der Waals surface area contributed by atoms with Crippen molar-refractivity contribution in [3.63, 3.8) is 0 Å². The molecule has 1 aliphatic rings. The molecule has 8 nitrogen and oxygen atoms in total. The Morgan fingerprint density at radius 1 is 1.12 bits per heavy atom. The van der Waals surface area contributed by atoms with E-state index < -0.39 is 12.0 Å². The number of halogens is 2. The molecule has 1 atom stereocenters. The van der Waals surface area contributed by atoms with E-state index in [1.165, 1.54) is 11.8 Å². The number of nitrogens with one attached hydrogen (secondary N) is 1. The van der Waals surface area contributed by atoms with Gasteiger partial charge in [-0.1, -0.05) is 82.6 Å². The Hall–Kier alpha value is -3.47. The number of hydrogen-bond donors (Lipinski definition) is 1. The fraction of sp³-hybridized carbons (Fsp3) is 0.258. The van der Waals surface area contributed by atoms with Crippen LogP contribution in [0.1, 0.15) is 43.0 Å². The normalized spacial score (nSPS) is 14.3. The predicted molar refractivity (Wildman–Crippen MR) is 168 cm³/mol. The van der Waals surface area contributed by atoms with Gasteiger partial charge in [-0.05, 0) is 60.4 Å². The van der Waals surface area contributed by atoms with E-state index in [-0.39, 0.29) is 0 Å². The quantitative estimate of drug-likeness (QED) is 0.128. The Balaban J connectivity index is 1.47. The highest BCUT2D eigenvalue weighted by molar-refractivity contribution is 9.10. The van der Waals surface area contributed by atoms with Crippen LogP contribution >= 0.6 is 39.3 Å². The summed E-state index contributed by atoms with van der Waals surface area (Å²) in [5, 5.41) is 9.30. The number of methoxy groups -OCH3 is 1. The molecule has 11 heteroatoms. The van der Waals surface area contributed by atoms with E-state index in [9.17, 15) is 4.79 Å². The van der Waals surface area contributed by atoms with E-state index in [2.05, 4.69) is 21.2 Å². The van der Waals surface area contributed by atoms with Crippen LogP contribution in [0.5, 0.6) is 11.5 Å². The summed E-state index contributed by atoms with van der Waals surface area (Å²) in [5.74, 6) is 1.85. The number of ether oxygens (including phenoxy) is 3. The number of allylic oxidation sites excluding steroid dienone is 1. The topological polar surface area (TPSA) is 87.5 Å². The number of nitrogens with zero attached hydrogens (tertiary/aromatic N) is 3. The number of anilines is 1. The predicted octanol–water partition coefficient (Wildman–Crippen LogP) is 7.82. The molecule has 0 aliphatic carbocycles. The van der Waals surface area contributed by atoms with Crippen LogP contribution in [-0.4, -0.2) is 34.5 Å². The lowest BCUT2D eigenvalue weighted by Gasteiger charge is -2.28. The maximum atomic E-state index is 13.4. The third-order valence-electron chi connectivity index (χ3n) is 6.62. The zero-order chi connectivity index (χ0) is 29.6. The first-order valence-electron chi connectivity index (χ1n) is 13.4. The summed E-state index contributed by atoms with van der Waals surface area (Å²) < 4.78 is 20.1. The van der Waals surface area contributed by atoms with Gasteiger partial charge >= 0.3 is 5.97 Å². The van der Waals surface area contributed by atoms with Gasteiger partial charge in [0, 0.05) is 20.9 Å². The number of aromatic nitrogens is 3. The molecule has 0 bridgehead atoms. The molecule has 0 saturated carbocycles. The second-order valence-electron chi connectivity index (χ2n) is 9.57. The zero-order valence-electron chi connectivity index (χ0n) is 23.4. The van der Waals surface area contributed by atoms with Crippen molar-refractivity contribution in [2.75, 3.05) is 19.0 Å². The molecule has 2 heterocycles. The summed E-state index contributed by atoms with van der Waals surface area (Å²) in [6.07, 6.45) is 0.714. The first-order chi connectivity index (χ1) is 20.4. The number of thioether (sulfide) groups is 1. The van der Waals surface area contributed by atoms with Gasteiger partial charge in [-0.15, -0.1) is 5.10 Å². The van der Waals surface area contributed by atoms with Crippen molar-refractivity contribution in [3.05, 3.63) is 104 Å². The van der Waals surface area contributed by atoms with Gasteiger partial charge in [-0.2, -0.15) is 4.98 Å². The molecule has 218 valence electrons. The molecule has 0 radical (unpaired) electrons. The Morgan fingerprint density at radius 2 is 1.90 bits per heavy atom. The van der Waals surface area contributed by atoms with Crippen LogP contribution in [0, 0.1) is 0 Å². The number of carbonyl (C=O) groups is 1. The van der Waals surface area contributed by atoms with E-state index in [0.717, 1.165) is 21.2 Å². The zero-order valence-corrected chi connectivity index (χ0v) is 26.6. The Bertz CT molecular complexity index is 1610. The van der Waals surface area contributed by atoms with Gasteiger partial charge in [0.15, 0.2) is 11.5 Å². The second kappa shape index (κ2) is 13.7. The van der Waals surface area contributed by atoms with Gasteiger partial charge in [-0.25, -0.2) is 9.48 Å². The van der Waals surface area contributed by atoms with E-state index in [1.54, 1.807) is 11.8 Å². The third kappa shape index (κ3) is 6.77. The Morgan fingerprint density at radius 3 is 2.64 bits per heavy atom. The summed E-state index contributed by atoms with van der Waals surface area (Å²) in [7, 11) is 1.59. The van der Waals surface area contributed by atoms with Crippen molar-refractivity contribution < 1.29 is 19.0 Å². The Kier molecular flexibility index (Phi) is 9.76. The summed E-state index contributed by atoms with van der Waals surface area (Å²) in [6.45, 7) is 4.50. The van der Waals surface area contributed by atoms with Gasteiger partial charge in [0.25, 0.3) is 0 Å². The van der Waals surface area contributed by atoms with Gasteiger partial charge in [0.2, 0.25) is 11.1 Å². The average molecular weight is 670 g/mol. The van der Waals surface area contributed by atoms with E-state index in [4.69, 9.17) is 35.9 Å². The molecule has 0 fully saturated rings. The molecule has 42 heavy (non-hydrogen) atoms. The summed E-state index contributed by atoms with van der Waals surface area (Å²) in [6, 6.07) is 20.7. The highest BCUT2D eigenvalue weighted by atomic mass is 79.9. The van der Waals surface area contributed by atoms with E-state index >= 15 is 0 Å². The number of benzene rings is 3. The summed E-state index contributed by atoms with van der Waals surface area (Å²) in [5.41, 5.74) is 3.90. The van der Waals surface area contributed by atoms with Crippen LogP contribution in [0.2, 0.25) is 5.02 Å². The summed E-state index contributed by atoms with van der Waals surface area (Å²) in [4.78, 5) is 18.1. The lowest BCUT2D eigenvalue weighted by Crippen LogP contribution is -2.29. The fourth-order valence-corrected chi connectivity index (χ4v) is 5.89. The average Bonchev–Trinajstić information content (AvgIpc) is 3.40. The summed E-state index contributed by atoms with van der Waals surface area (Å²) >= 11 is 11.3. The Labute approximate surface area is 262 Å². The molecule has 0 spiro atoms. The molecular weight excluding hydrogens is 640 g/mol. The SMILES string of the molecule is CCCOC(=O)C1=C(C)Nc2nc(SCc3ccccc3Cl)nn2C1c1ccc(OCc2ccc(Br)cc2)c(OC)c1. The number of fused-ring (bicyclic) bond motifs is 1. The molecule has 1 aromatic heterocycles. The number of hydrogen-bond acceptors (Lipinski definition) is 8. The fourth-order valence-electron chi connectivity index (χ4n) is 4.51. The molecule has 3 aromatic carbocycles. The first-order valence-corrected chi connectivity index (χ1v) is 15.6. The first kappa shape index (κ1) is 30.0. The molecule has 1 aliphatic heterocycles. The lowest BCUT2D eigenvalue weighted by molar-refractivity contribution is -0.139. The van der Waals surface area contributed by atoms with Gasteiger partial charge < -0.3 is 19.5 Å². The van der Waals surface area contributed by atoms with Crippen LogP contribution in [0.4, 0.5) is 5.95 Å². The van der Waals surface area contributed by atoms with E-state index in [0.29, 0.717) is 64.3 Å². The highest BCUT2D eigenvalue weighted by Gasteiger charge is 2.36. The molecule has 0 amide bonds. The van der Waals surface area contributed by atoms with Gasteiger partial charge in [-0.3, -0.25) is 0 Å². The molecule has 1 N–H and O–H groups in total. The van der Waals surface area contributed by atoms with Crippen LogP contribution in [-0.2, 0) is 21.9 Å². The van der Waals surface area contributed by atoms with E-state index in [1.807, 2.05) is 80.6 Å². The van der Waals surface area contributed by atoms with Crippen LogP contribution in [0.3, 0.4) is 0 Å². The van der Waals surface area contributed by atoms with Crippen LogP contribution in [0.15, 0.2) is 87.6 Å². The van der Waals surface area contributed by atoms with Crippen LogP contribution in [0.25, 0.3) is 0 Å². The lowest BCUT2D eigenvalue weighted by atomic mass is 9.95. The number of rotatable bonds is 11. The monoisotopic (exact) mass is 668 g/mol. The van der Waals surface area contributed by atoms with Crippen molar-refractivity contribution in [1.29, 1.82) is 0 Å². The van der Waals surface area contributed by atoms with Crippen molar-refractivity contribution in [1.82, 2.24) is 14.8 Å². The highest BCUT2D eigenvalue weighted by Crippen LogP contribution is 2.40. The van der Waals surface area contributed by atoms with Crippen molar-refractivity contribution in [2.45, 2.75) is 43.8 Å². The smallest absolute Gasteiger partial charge is 0.338 e. The van der Waals surface area contributed by atoms with Crippen molar-refractivity contribution in [3.8, 4) is 11.5 Å². The minimum Gasteiger partial charge on any atom is -0.493 e. The number of carbonyl (C=O) groups excluding carboxylic acids is 1. The minimum atomic E-state index is -0.595. The minimum absolute atomic E-state index is 0.317. The van der Waals surface area contributed by atoms with Gasteiger partial charge in [0.05, 0.1) is 19.3 Å². The van der Waals surface area contributed by atoms with Gasteiger partial charge in [0.1, 0.15) is 12.6 Å². The maximum Gasteiger partial charge on any atom is 0.338 e. The van der Waals surface area contributed by atoms with Crippen LogP contribution < -0.4 is 14.8 Å². The standard InChI is InChI=1S/C31H30BrClN4O4S/c1-4-15-40-29(38)27-19(2)34-30-35-31(42-18-22-7-5-6-8-24(22)33)36-37(30)28(27)21-11-14-25(26(16-21)39-3)41-17-20-9-12-23(32)13-10-20/h5-14,16,28H,4,15,17-18H2,1-3H3,(H,34,35,36). The van der Waals surface area contributed by atoms with Crippen molar-refractivity contribution >= 4 is 51.2 Å². The molecule has 0 saturated heterocycles. The number of esters is 1. The molecule has 5 rings (SSSR count). The maximum absolute atomic E-state index is 13.4. The molecule has 4 aromatic rings. The molecular formula is C31H30BrClN4O4S. The second-order valence-corrected chi connectivity index (χ2v) is 11.8.